The Balaban J connectivity index is 2.24. The largest absolute Gasteiger partial charge is 0.480 e. The molecule has 0 saturated carbocycles. The Morgan fingerprint density at radius 3 is 2.70 bits per heavy atom. The third-order valence-corrected chi connectivity index (χ3v) is 5.34. The van der Waals surface area contributed by atoms with Crippen molar-refractivity contribution in [3.8, 4) is 0 Å². The Bertz CT molecular complexity index is 922. The molecule has 2 aromatic heterocycles. The van der Waals surface area contributed by atoms with E-state index in [1.165, 1.54) is 22.7 Å². The lowest BCUT2D eigenvalue weighted by Crippen LogP contribution is -2.27. The molecule has 118 valence electrons. The van der Waals surface area contributed by atoms with Crippen LogP contribution in [0.3, 0.4) is 0 Å². The smallest absolute Gasteiger partial charge is 0.326 e. The number of thiazole rings is 1. The molecule has 5 nitrogen and oxygen atoms in total. The molecule has 2 heterocycles. The van der Waals surface area contributed by atoms with Crippen LogP contribution in [0.1, 0.15) is 29.1 Å². The number of aromatic nitrogens is 1. The number of rotatable bonds is 4. The molecule has 7 heteroatoms. The molecule has 1 N–H and O–H groups in total. The summed E-state index contributed by atoms with van der Waals surface area (Å²) < 4.78 is 2.55. The van der Waals surface area contributed by atoms with E-state index in [0.29, 0.717) is 16.1 Å². The topological polar surface area (TPSA) is 71.7 Å². The molecule has 1 amide bonds. The third-order valence-electron chi connectivity index (χ3n) is 3.44. The summed E-state index contributed by atoms with van der Waals surface area (Å²) in [6.45, 7) is 1.81. The van der Waals surface area contributed by atoms with Crippen LogP contribution in [0.15, 0.2) is 46.8 Å². The first-order valence-corrected chi connectivity index (χ1v) is 8.77. The zero-order chi connectivity index (χ0) is 16.4. The highest BCUT2D eigenvalue weighted by Crippen LogP contribution is 2.22. The number of carboxylic acids is 1. The average Bonchev–Trinajstić information content (AvgIpc) is 3.16. The molecule has 1 atom stereocenters. The normalized spacial score (nSPS) is 13.3. The van der Waals surface area contributed by atoms with Gasteiger partial charge in [0.1, 0.15) is 6.04 Å². The number of hydrogen-bond acceptors (Lipinski definition) is 4. The van der Waals surface area contributed by atoms with Gasteiger partial charge < -0.3 is 9.67 Å². The van der Waals surface area contributed by atoms with Gasteiger partial charge in [0, 0.05) is 0 Å². The predicted octanol–water partition coefficient (Wildman–Crippen LogP) is 3.54. The van der Waals surface area contributed by atoms with Gasteiger partial charge in [0.2, 0.25) is 0 Å². The van der Waals surface area contributed by atoms with Gasteiger partial charge in [-0.2, -0.15) is 4.99 Å². The molecule has 23 heavy (non-hydrogen) atoms. The molecule has 0 radical (unpaired) electrons. The molecular weight excluding hydrogens is 332 g/mol. The number of thiophene rings is 1. The second-order valence-electron chi connectivity index (χ2n) is 4.88. The van der Waals surface area contributed by atoms with Gasteiger partial charge in [-0.3, -0.25) is 4.79 Å². The van der Waals surface area contributed by atoms with Crippen molar-refractivity contribution in [1.82, 2.24) is 4.57 Å². The SMILES string of the molecule is CCC(C(=O)O)n1/c(=N\C(=O)c2cccs2)sc2ccccc21. The molecule has 0 aliphatic heterocycles. The summed E-state index contributed by atoms with van der Waals surface area (Å²) in [5.74, 6) is -1.28. The summed E-state index contributed by atoms with van der Waals surface area (Å²) >= 11 is 2.65. The van der Waals surface area contributed by atoms with Crippen molar-refractivity contribution in [2.24, 2.45) is 4.99 Å². The van der Waals surface area contributed by atoms with E-state index in [1.54, 1.807) is 16.7 Å². The Labute approximate surface area is 140 Å². The van der Waals surface area contributed by atoms with Crippen molar-refractivity contribution in [3.63, 3.8) is 0 Å². The van der Waals surface area contributed by atoms with Gasteiger partial charge in [0.25, 0.3) is 5.91 Å². The predicted molar refractivity (Wildman–Crippen MR) is 91.0 cm³/mol. The van der Waals surface area contributed by atoms with Crippen molar-refractivity contribution in [2.45, 2.75) is 19.4 Å². The quantitative estimate of drug-likeness (QED) is 0.785. The van der Waals surface area contributed by atoms with E-state index in [2.05, 4.69) is 4.99 Å². The fourth-order valence-corrected chi connectivity index (χ4v) is 4.05. The fraction of sp³-hybridized carbons (Fsp3) is 0.188. The van der Waals surface area contributed by atoms with Crippen molar-refractivity contribution < 1.29 is 14.7 Å². The highest BCUT2D eigenvalue weighted by atomic mass is 32.1. The number of para-hydroxylation sites is 1. The molecule has 3 aromatic rings. The number of nitrogens with zero attached hydrogens (tertiary/aromatic N) is 2. The zero-order valence-electron chi connectivity index (χ0n) is 12.3. The van der Waals surface area contributed by atoms with Gasteiger partial charge in [-0.15, -0.1) is 11.3 Å². The number of hydrogen-bond donors (Lipinski definition) is 1. The minimum Gasteiger partial charge on any atom is -0.480 e. The highest BCUT2D eigenvalue weighted by Gasteiger charge is 2.22. The molecule has 0 fully saturated rings. The second-order valence-corrected chi connectivity index (χ2v) is 6.84. The molecule has 1 aromatic carbocycles. The van der Waals surface area contributed by atoms with Gasteiger partial charge in [0.15, 0.2) is 4.80 Å². The molecule has 0 saturated heterocycles. The molecule has 0 aliphatic carbocycles. The van der Waals surface area contributed by atoms with Crippen LogP contribution in [-0.4, -0.2) is 21.6 Å². The first kappa shape index (κ1) is 15.6. The number of fused-ring (bicyclic) bond motifs is 1. The molecule has 0 aliphatic rings. The molecule has 3 rings (SSSR count). The minimum absolute atomic E-state index is 0.347. The maximum absolute atomic E-state index is 12.3. The highest BCUT2D eigenvalue weighted by molar-refractivity contribution is 7.16. The van der Waals surface area contributed by atoms with Gasteiger partial charge >= 0.3 is 5.97 Å². The summed E-state index contributed by atoms with van der Waals surface area (Å²) in [5.41, 5.74) is 0.782. The van der Waals surface area contributed by atoms with Crippen molar-refractivity contribution in [3.05, 3.63) is 51.5 Å². The average molecular weight is 346 g/mol. The number of aliphatic carboxylic acids is 1. The van der Waals surface area contributed by atoms with Crippen molar-refractivity contribution in [2.75, 3.05) is 0 Å². The number of benzene rings is 1. The Kier molecular flexibility index (Phi) is 4.40. The van der Waals surface area contributed by atoms with Gasteiger partial charge in [-0.25, -0.2) is 4.79 Å². The van der Waals surface area contributed by atoms with E-state index in [9.17, 15) is 14.7 Å². The lowest BCUT2D eigenvalue weighted by Gasteiger charge is -2.13. The minimum atomic E-state index is -0.930. The van der Waals surface area contributed by atoms with Crippen LogP contribution in [0.4, 0.5) is 0 Å². The van der Waals surface area contributed by atoms with Crippen LogP contribution in [0.2, 0.25) is 0 Å². The Hall–Kier alpha value is -2.25. The lowest BCUT2D eigenvalue weighted by molar-refractivity contribution is -0.140. The van der Waals surface area contributed by atoms with E-state index in [-0.39, 0.29) is 5.91 Å². The van der Waals surface area contributed by atoms with Crippen LogP contribution >= 0.6 is 22.7 Å². The summed E-state index contributed by atoms with van der Waals surface area (Å²) in [4.78, 5) is 29.0. The lowest BCUT2D eigenvalue weighted by atomic mass is 10.2. The summed E-state index contributed by atoms with van der Waals surface area (Å²) in [5, 5.41) is 11.3. The standard InChI is InChI=1S/C16H14N2O3S2/c1-2-10(15(20)21)18-11-6-3-4-7-12(11)23-16(18)17-14(19)13-8-5-9-22-13/h3-10H,2H2,1H3,(H,20,21)/b17-16+. The maximum Gasteiger partial charge on any atom is 0.326 e. The van der Waals surface area contributed by atoms with E-state index in [1.807, 2.05) is 36.6 Å². The fourth-order valence-electron chi connectivity index (χ4n) is 2.38. The molecule has 0 spiro atoms. The first-order valence-electron chi connectivity index (χ1n) is 7.07. The number of carbonyl (C=O) groups is 2. The van der Waals surface area contributed by atoms with Gasteiger partial charge in [0.05, 0.1) is 15.1 Å². The van der Waals surface area contributed by atoms with E-state index < -0.39 is 12.0 Å². The van der Waals surface area contributed by atoms with Crippen molar-refractivity contribution in [1.29, 1.82) is 0 Å². The van der Waals surface area contributed by atoms with E-state index in [0.717, 1.165) is 10.2 Å². The Morgan fingerprint density at radius 2 is 2.04 bits per heavy atom. The van der Waals surface area contributed by atoms with E-state index >= 15 is 0 Å². The molecule has 0 bridgehead atoms. The van der Waals surface area contributed by atoms with Crippen molar-refractivity contribution >= 4 is 44.8 Å². The van der Waals surface area contributed by atoms with Crippen LogP contribution in [0.5, 0.6) is 0 Å². The molecule has 1 unspecified atom stereocenters. The van der Waals surface area contributed by atoms with Crippen LogP contribution in [0, 0.1) is 0 Å². The second kappa shape index (κ2) is 6.47. The third kappa shape index (κ3) is 2.97. The maximum atomic E-state index is 12.3. The van der Waals surface area contributed by atoms with E-state index in [4.69, 9.17) is 0 Å². The summed E-state index contributed by atoms with van der Waals surface area (Å²) in [6.07, 6.45) is 0.413. The number of carbonyl (C=O) groups excluding carboxylic acids is 1. The van der Waals surface area contributed by atoms with Crippen LogP contribution in [-0.2, 0) is 4.79 Å². The van der Waals surface area contributed by atoms with Crippen LogP contribution < -0.4 is 4.80 Å². The number of carboxylic acid groups (broad SMARTS) is 1. The monoisotopic (exact) mass is 346 g/mol. The van der Waals surface area contributed by atoms with Crippen LogP contribution in [0.25, 0.3) is 10.2 Å². The van der Waals surface area contributed by atoms with Gasteiger partial charge in [-0.05, 0) is 30.0 Å². The first-order chi connectivity index (χ1) is 11.1. The zero-order valence-corrected chi connectivity index (χ0v) is 13.9. The summed E-state index contributed by atoms with van der Waals surface area (Å²) in [7, 11) is 0. The van der Waals surface area contributed by atoms with Gasteiger partial charge in [-0.1, -0.05) is 36.5 Å². The summed E-state index contributed by atoms with van der Waals surface area (Å²) in [6, 6.07) is 10.2. The molecular formula is C16H14N2O3S2. The Morgan fingerprint density at radius 1 is 1.26 bits per heavy atom. The number of amides is 1.